The molecule has 4 aromatic heterocycles. The largest absolute Gasteiger partial charge is 0.382 e. The number of fused-ring (bicyclic) bond motifs is 2. The Hall–Kier alpha value is -3.27. The molecule has 36 heavy (non-hydrogen) atoms. The number of pyridine rings is 2. The van der Waals surface area contributed by atoms with E-state index in [1.54, 1.807) is 16.2 Å². The van der Waals surface area contributed by atoms with Crippen molar-refractivity contribution in [3.05, 3.63) is 52.8 Å². The normalized spacial score (nSPS) is 20.8. The quantitative estimate of drug-likeness (QED) is 0.441. The van der Waals surface area contributed by atoms with Crippen LogP contribution < -0.4 is 5.69 Å². The summed E-state index contributed by atoms with van der Waals surface area (Å²) in [5.74, 6) is 0. The molecule has 1 unspecified atom stereocenters. The first-order valence-corrected chi connectivity index (χ1v) is 12.6. The van der Waals surface area contributed by atoms with Gasteiger partial charge in [-0.25, -0.2) is 19.3 Å². The van der Waals surface area contributed by atoms with Gasteiger partial charge in [-0.2, -0.15) is 0 Å². The fraction of sp³-hybridized carbons (Fsp3) is 0.444. The predicted octanol–water partition coefficient (Wildman–Crippen LogP) is 3.90. The number of hydrogen-bond acceptors (Lipinski definition) is 6. The van der Waals surface area contributed by atoms with Gasteiger partial charge in [0.05, 0.1) is 38.0 Å². The Labute approximate surface area is 208 Å². The van der Waals surface area contributed by atoms with Gasteiger partial charge in [0.15, 0.2) is 5.65 Å². The Kier molecular flexibility index (Phi) is 6.20. The molecule has 0 amide bonds. The van der Waals surface area contributed by atoms with Gasteiger partial charge >= 0.3 is 5.69 Å². The van der Waals surface area contributed by atoms with E-state index in [2.05, 4.69) is 29.0 Å². The molecular weight excluding hydrogens is 458 g/mol. The molecule has 1 saturated heterocycles. The van der Waals surface area contributed by atoms with Crippen LogP contribution in [0.25, 0.3) is 39.0 Å². The minimum atomic E-state index is -0.251. The molecule has 1 aliphatic heterocycles. The summed E-state index contributed by atoms with van der Waals surface area (Å²) in [7, 11) is 1.65. The van der Waals surface area contributed by atoms with E-state index in [1.165, 1.54) is 0 Å². The number of aromatic nitrogens is 5. The molecule has 0 spiro atoms. The van der Waals surface area contributed by atoms with Crippen LogP contribution in [0.15, 0.2) is 41.6 Å². The molecular formula is C27H31N5O4. The maximum atomic E-state index is 13.8. The molecule has 188 valence electrons. The van der Waals surface area contributed by atoms with Crippen molar-refractivity contribution in [1.29, 1.82) is 0 Å². The van der Waals surface area contributed by atoms with Crippen molar-refractivity contribution in [2.75, 3.05) is 26.9 Å². The third kappa shape index (κ3) is 4.07. The van der Waals surface area contributed by atoms with Crippen LogP contribution >= 0.6 is 0 Å². The van der Waals surface area contributed by atoms with Gasteiger partial charge in [0.1, 0.15) is 11.8 Å². The SMILES string of the molecule is COCC1COC[C@H](Cn2c(=O)n(C3=CCCCC3)c3ncc(-c4cnc5[nH]ccc5c4C)cc32)O1. The first kappa shape index (κ1) is 23.1. The molecule has 2 atom stereocenters. The van der Waals surface area contributed by atoms with Gasteiger partial charge in [-0.3, -0.25) is 4.57 Å². The Bertz CT molecular complexity index is 1500. The highest BCUT2D eigenvalue weighted by Crippen LogP contribution is 2.31. The molecule has 1 fully saturated rings. The summed E-state index contributed by atoms with van der Waals surface area (Å²) in [4.78, 5) is 26.4. The van der Waals surface area contributed by atoms with Gasteiger partial charge in [-0.1, -0.05) is 6.08 Å². The highest BCUT2D eigenvalue weighted by Gasteiger charge is 2.27. The van der Waals surface area contributed by atoms with E-state index in [0.29, 0.717) is 32.0 Å². The lowest BCUT2D eigenvalue weighted by molar-refractivity contribution is -0.157. The summed E-state index contributed by atoms with van der Waals surface area (Å²) >= 11 is 0. The van der Waals surface area contributed by atoms with Crippen LogP contribution in [0, 0.1) is 6.92 Å². The zero-order chi connectivity index (χ0) is 24.6. The van der Waals surface area contributed by atoms with Crippen LogP contribution in [0.3, 0.4) is 0 Å². The lowest BCUT2D eigenvalue weighted by Gasteiger charge is -2.29. The maximum absolute atomic E-state index is 13.8. The number of hydrogen-bond donors (Lipinski definition) is 1. The van der Waals surface area contributed by atoms with Gasteiger partial charge < -0.3 is 19.2 Å². The molecule has 0 radical (unpaired) electrons. The topological polar surface area (TPSA) is 96.2 Å². The highest BCUT2D eigenvalue weighted by atomic mass is 16.6. The predicted molar refractivity (Wildman–Crippen MR) is 138 cm³/mol. The zero-order valence-electron chi connectivity index (χ0n) is 20.7. The number of nitrogens with one attached hydrogen (secondary N) is 1. The van der Waals surface area contributed by atoms with Gasteiger partial charge in [-0.05, 0) is 50.3 Å². The number of imidazole rings is 1. The summed E-state index contributed by atoms with van der Waals surface area (Å²) in [5.41, 5.74) is 6.31. The smallest absolute Gasteiger partial charge is 0.334 e. The lowest BCUT2D eigenvalue weighted by atomic mass is 10.0. The van der Waals surface area contributed by atoms with E-state index < -0.39 is 0 Å². The molecule has 1 aliphatic carbocycles. The van der Waals surface area contributed by atoms with E-state index >= 15 is 0 Å². The van der Waals surface area contributed by atoms with E-state index in [-0.39, 0.29) is 17.9 Å². The molecule has 9 heteroatoms. The summed E-state index contributed by atoms with van der Waals surface area (Å²) in [6.07, 6.45) is 11.5. The lowest BCUT2D eigenvalue weighted by Crippen LogP contribution is -2.42. The minimum absolute atomic E-state index is 0.0869. The van der Waals surface area contributed by atoms with E-state index in [0.717, 1.165) is 64.6 Å². The summed E-state index contributed by atoms with van der Waals surface area (Å²) in [6.45, 7) is 3.86. The number of nitrogens with zero attached hydrogens (tertiary/aromatic N) is 4. The summed E-state index contributed by atoms with van der Waals surface area (Å²) in [6, 6.07) is 4.09. The van der Waals surface area contributed by atoms with Crippen LogP contribution in [0.5, 0.6) is 0 Å². The number of H-pyrrole nitrogens is 1. The van der Waals surface area contributed by atoms with Crippen molar-refractivity contribution in [3.8, 4) is 11.1 Å². The Morgan fingerprint density at radius 3 is 2.92 bits per heavy atom. The average Bonchev–Trinajstić information content (AvgIpc) is 3.48. The van der Waals surface area contributed by atoms with Crippen molar-refractivity contribution < 1.29 is 14.2 Å². The van der Waals surface area contributed by atoms with Gasteiger partial charge in [0.25, 0.3) is 0 Å². The Morgan fingerprint density at radius 1 is 1.19 bits per heavy atom. The number of aryl methyl sites for hydroxylation is 1. The molecule has 6 rings (SSSR count). The second kappa shape index (κ2) is 9.65. The van der Waals surface area contributed by atoms with E-state index in [1.807, 2.05) is 24.7 Å². The summed E-state index contributed by atoms with van der Waals surface area (Å²) < 4.78 is 20.8. The van der Waals surface area contributed by atoms with Crippen LogP contribution in [-0.2, 0) is 20.8 Å². The maximum Gasteiger partial charge on any atom is 0.334 e. The Balaban J connectivity index is 1.47. The van der Waals surface area contributed by atoms with Crippen molar-refractivity contribution in [3.63, 3.8) is 0 Å². The third-order valence-corrected chi connectivity index (χ3v) is 7.22. The molecule has 0 aromatic carbocycles. The minimum Gasteiger partial charge on any atom is -0.382 e. The van der Waals surface area contributed by atoms with Crippen LogP contribution in [-0.4, -0.2) is 63.2 Å². The second-order valence-corrected chi connectivity index (χ2v) is 9.65. The molecule has 9 nitrogen and oxygen atoms in total. The zero-order valence-corrected chi connectivity index (χ0v) is 20.7. The van der Waals surface area contributed by atoms with Crippen molar-refractivity contribution in [2.24, 2.45) is 0 Å². The monoisotopic (exact) mass is 489 g/mol. The number of methoxy groups -OCH3 is 1. The molecule has 4 aromatic rings. The standard InChI is InChI=1S/C27H31N5O4/c1-17-22-8-9-28-25(22)29-12-23(17)18-10-24-26(30-11-18)32(19-6-4-3-5-7-19)27(33)31(24)13-20-15-35-16-21(36-20)14-34-2/h6,8-12,20-21H,3-5,7,13-16H2,1-2H3,(H,28,29)/t20-,21?/m0/s1. The van der Waals surface area contributed by atoms with Crippen LogP contribution in [0.2, 0.25) is 0 Å². The molecule has 1 N–H and O–H groups in total. The van der Waals surface area contributed by atoms with Gasteiger partial charge in [0.2, 0.25) is 0 Å². The number of rotatable bonds is 6. The highest BCUT2D eigenvalue weighted by molar-refractivity contribution is 5.88. The van der Waals surface area contributed by atoms with Crippen molar-refractivity contribution >= 4 is 27.9 Å². The third-order valence-electron chi connectivity index (χ3n) is 7.22. The molecule has 0 saturated carbocycles. The average molecular weight is 490 g/mol. The van der Waals surface area contributed by atoms with Gasteiger partial charge in [-0.15, -0.1) is 0 Å². The fourth-order valence-corrected chi connectivity index (χ4v) is 5.42. The van der Waals surface area contributed by atoms with E-state index in [4.69, 9.17) is 19.2 Å². The number of ether oxygens (including phenoxy) is 3. The van der Waals surface area contributed by atoms with Gasteiger partial charge in [0, 0.05) is 47.9 Å². The van der Waals surface area contributed by atoms with E-state index in [9.17, 15) is 4.79 Å². The Morgan fingerprint density at radius 2 is 2.08 bits per heavy atom. The van der Waals surface area contributed by atoms with Crippen LogP contribution in [0.4, 0.5) is 0 Å². The first-order chi connectivity index (χ1) is 17.6. The van der Waals surface area contributed by atoms with Crippen molar-refractivity contribution in [2.45, 2.75) is 51.4 Å². The van der Waals surface area contributed by atoms with Crippen molar-refractivity contribution in [1.82, 2.24) is 24.1 Å². The van der Waals surface area contributed by atoms with Crippen LogP contribution in [0.1, 0.15) is 31.2 Å². The summed E-state index contributed by atoms with van der Waals surface area (Å²) in [5, 5.41) is 1.08. The molecule has 0 bridgehead atoms. The second-order valence-electron chi connectivity index (χ2n) is 9.65. The number of aromatic amines is 1. The molecule has 2 aliphatic rings. The first-order valence-electron chi connectivity index (χ1n) is 12.6. The molecule has 5 heterocycles. The fourth-order valence-electron chi connectivity index (χ4n) is 5.42. The number of allylic oxidation sites excluding steroid dienone is 2.